The Balaban J connectivity index is 2.40. The molecule has 0 unspecified atom stereocenters. The van der Waals surface area contributed by atoms with E-state index < -0.39 is 5.97 Å². The van der Waals surface area contributed by atoms with E-state index >= 15 is 0 Å². The fourth-order valence-electron chi connectivity index (χ4n) is 1.22. The van der Waals surface area contributed by atoms with E-state index in [1.807, 2.05) is 0 Å². The zero-order chi connectivity index (χ0) is 9.26. The Hall–Kier alpha value is -1.55. The number of carbonyl (C=O) groups is 1. The van der Waals surface area contributed by atoms with E-state index in [9.17, 15) is 4.79 Å². The van der Waals surface area contributed by atoms with Crippen molar-refractivity contribution in [3.63, 3.8) is 0 Å². The third-order valence-corrected chi connectivity index (χ3v) is 1.86. The molecule has 2 rings (SSSR count). The number of carboxylic acids is 1. The molecule has 68 valence electrons. The zero-order valence-corrected chi connectivity index (χ0v) is 6.82. The summed E-state index contributed by atoms with van der Waals surface area (Å²) < 4.78 is 10.2. The molecule has 0 bridgehead atoms. The highest BCUT2D eigenvalue weighted by Gasteiger charge is 2.12. The van der Waals surface area contributed by atoms with Crippen LogP contribution in [-0.2, 0) is 11.3 Å². The average Bonchev–Trinajstić information content (AvgIpc) is 2.17. The molecule has 4 heteroatoms. The molecular weight excluding hydrogens is 172 g/mol. The minimum absolute atomic E-state index is 0.236. The topological polar surface area (TPSA) is 55.8 Å². The predicted octanol–water partition coefficient (Wildman–Crippen LogP) is 1.25. The summed E-state index contributed by atoms with van der Waals surface area (Å²) in [6.07, 6.45) is 0. The number of hydrogen-bond donors (Lipinski definition) is 1. The maximum Gasteiger partial charge on any atom is 0.335 e. The lowest BCUT2D eigenvalue weighted by molar-refractivity contribution is -0.0164. The van der Waals surface area contributed by atoms with Gasteiger partial charge in [0.2, 0.25) is 0 Å². The van der Waals surface area contributed by atoms with Crippen molar-refractivity contribution in [2.24, 2.45) is 0 Å². The van der Waals surface area contributed by atoms with Crippen molar-refractivity contribution in [1.82, 2.24) is 0 Å². The Kier molecular flexibility index (Phi) is 1.90. The summed E-state index contributed by atoms with van der Waals surface area (Å²) in [7, 11) is 0. The quantitative estimate of drug-likeness (QED) is 0.706. The monoisotopic (exact) mass is 180 g/mol. The van der Waals surface area contributed by atoms with Crippen molar-refractivity contribution >= 4 is 5.97 Å². The lowest BCUT2D eigenvalue weighted by atomic mass is 10.1. The number of benzene rings is 1. The summed E-state index contributed by atoms with van der Waals surface area (Å²) in [6, 6.07) is 4.74. The fourth-order valence-corrected chi connectivity index (χ4v) is 1.22. The predicted molar refractivity (Wildman–Crippen MR) is 43.7 cm³/mol. The van der Waals surface area contributed by atoms with E-state index in [-0.39, 0.29) is 12.4 Å². The Morgan fingerprint density at radius 3 is 3.08 bits per heavy atom. The van der Waals surface area contributed by atoms with Crippen LogP contribution in [0.3, 0.4) is 0 Å². The molecule has 1 heterocycles. The molecule has 0 aliphatic carbocycles. The maximum absolute atomic E-state index is 10.6. The van der Waals surface area contributed by atoms with Crippen molar-refractivity contribution in [3.05, 3.63) is 29.3 Å². The van der Waals surface area contributed by atoms with Crippen molar-refractivity contribution in [2.45, 2.75) is 6.61 Å². The first-order valence-electron chi connectivity index (χ1n) is 3.84. The van der Waals surface area contributed by atoms with Crippen molar-refractivity contribution in [1.29, 1.82) is 0 Å². The molecule has 0 saturated heterocycles. The zero-order valence-electron chi connectivity index (χ0n) is 6.82. The second-order valence-corrected chi connectivity index (χ2v) is 2.74. The van der Waals surface area contributed by atoms with Gasteiger partial charge >= 0.3 is 5.97 Å². The highest BCUT2D eigenvalue weighted by Crippen LogP contribution is 2.24. The average molecular weight is 180 g/mol. The van der Waals surface area contributed by atoms with Crippen LogP contribution >= 0.6 is 0 Å². The van der Waals surface area contributed by atoms with E-state index in [0.29, 0.717) is 12.4 Å². The second kappa shape index (κ2) is 3.06. The smallest absolute Gasteiger partial charge is 0.335 e. The van der Waals surface area contributed by atoms with Crippen LogP contribution in [0.4, 0.5) is 0 Å². The van der Waals surface area contributed by atoms with Crippen LogP contribution < -0.4 is 4.74 Å². The molecule has 0 amide bonds. The Labute approximate surface area is 74.7 Å². The highest BCUT2D eigenvalue weighted by atomic mass is 16.7. The van der Waals surface area contributed by atoms with Gasteiger partial charge in [0.25, 0.3) is 0 Å². The van der Waals surface area contributed by atoms with Gasteiger partial charge in [0.15, 0.2) is 6.79 Å². The third-order valence-electron chi connectivity index (χ3n) is 1.86. The number of rotatable bonds is 1. The first-order chi connectivity index (χ1) is 6.27. The highest BCUT2D eigenvalue weighted by molar-refractivity contribution is 5.88. The van der Waals surface area contributed by atoms with Crippen LogP contribution in [0.2, 0.25) is 0 Å². The molecule has 1 aromatic carbocycles. The molecule has 13 heavy (non-hydrogen) atoms. The van der Waals surface area contributed by atoms with Crippen molar-refractivity contribution in [2.75, 3.05) is 6.79 Å². The normalized spacial score (nSPS) is 14.5. The van der Waals surface area contributed by atoms with Crippen LogP contribution in [0, 0.1) is 0 Å². The molecule has 1 N–H and O–H groups in total. The van der Waals surface area contributed by atoms with Gasteiger partial charge in [-0.2, -0.15) is 0 Å². The van der Waals surface area contributed by atoms with Gasteiger partial charge in [-0.1, -0.05) is 0 Å². The molecule has 1 aliphatic heterocycles. The van der Waals surface area contributed by atoms with E-state index in [1.54, 1.807) is 12.1 Å². The summed E-state index contributed by atoms with van der Waals surface area (Å²) >= 11 is 0. The minimum Gasteiger partial charge on any atom is -0.478 e. The Morgan fingerprint density at radius 2 is 2.31 bits per heavy atom. The maximum atomic E-state index is 10.6. The first kappa shape index (κ1) is 8.07. The molecule has 0 aromatic heterocycles. The summed E-state index contributed by atoms with van der Waals surface area (Å²) in [5.41, 5.74) is 1.04. The van der Waals surface area contributed by atoms with Gasteiger partial charge in [0.05, 0.1) is 12.2 Å². The van der Waals surface area contributed by atoms with E-state index in [2.05, 4.69) is 0 Å². The van der Waals surface area contributed by atoms with Crippen LogP contribution in [-0.4, -0.2) is 17.9 Å². The van der Waals surface area contributed by atoms with Crippen LogP contribution in [0.5, 0.6) is 5.75 Å². The second-order valence-electron chi connectivity index (χ2n) is 2.74. The largest absolute Gasteiger partial charge is 0.478 e. The first-order valence-corrected chi connectivity index (χ1v) is 3.84. The number of aromatic carboxylic acids is 1. The Bertz CT molecular complexity index is 345. The fraction of sp³-hybridized carbons (Fsp3) is 0.222. The van der Waals surface area contributed by atoms with E-state index in [0.717, 1.165) is 5.56 Å². The molecule has 0 saturated carbocycles. The van der Waals surface area contributed by atoms with Crippen LogP contribution in [0.25, 0.3) is 0 Å². The van der Waals surface area contributed by atoms with Gasteiger partial charge < -0.3 is 14.6 Å². The summed E-state index contributed by atoms with van der Waals surface area (Å²) in [5.74, 6) is -0.232. The van der Waals surface area contributed by atoms with Crippen LogP contribution in [0.1, 0.15) is 15.9 Å². The number of hydrogen-bond acceptors (Lipinski definition) is 3. The van der Waals surface area contributed by atoms with Gasteiger partial charge in [0.1, 0.15) is 5.75 Å². The molecule has 1 aromatic rings. The van der Waals surface area contributed by atoms with Gasteiger partial charge in [0, 0.05) is 5.56 Å². The standard InChI is InChI=1S/C9H8O4/c10-9(11)6-1-2-8-7(3-6)4-12-5-13-8/h1-3H,4-5H2,(H,10,11). The molecule has 0 atom stereocenters. The molecule has 1 aliphatic rings. The van der Waals surface area contributed by atoms with Crippen molar-refractivity contribution < 1.29 is 19.4 Å². The van der Waals surface area contributed by atoms with Gasteiger partial charge in [-0.05, 0) is 18.2 Å². The van der Waals surface area contributed by atoms with Gasteiger partial charge in [-0.25, -0.2) is 4.79 Å². The summed E-state index contributed by atoms with van der Waals surface area (Å²) in [5, 5.41) is 8.70. The number of ether oxygens (including phenoxy) is 2. The lowest BCUT2D eigenvalue weighted by Crippen LogP contribution is -2.12. The molecule has 0 spiro atoms. The summed E-state index contributed by atoms with van der Waals surface area (Å²) in [4.78, 5) is 10.6. The van der Waals surface area contributed by atoms with Gasteiger partial charge in [-0.15, -0.1) is 0 Å². The molecule has 0 radical (unpaired) electrons. The SMILES string of the molecule is O=C(O)c1ccc2c(c1)COCO2. The summed E-state index contributed by atoms with van der Waals surface area (Å²) in [6.45, 7) is 0.649. The Morgan fingerprint density at radius 1 is 1.46 bits per heavy atom. The van der Waals surface area contributed by atoms with Crippen molar-refractivity contribution in [3.8, 4) is 5.75 Å². The molecule has 4 nitrogen and oxygen atoms in total. The number of fused-ring (bicyclic) bond motifs is 1. The van der Waals surface area contributed by atoms with E-state index in [4.69, 9.17) is 14.6 Å². The minimum atomic E-state index is -0.937. The van der Waals surface area contributed by atoms with Gasteiger partial charge in [-0.3, -0.25) is 0 Å². The van der Waals surface area contributed by atoms with E-state index in [1.165, 1.54) is 6.07 Å². The van der Waals surface area contributed by atoms with Crippen LogP contribution in [0.15, 0.2) is 18.2 Å². The third kappa shape index (κ3) is 1.48. The molecular formula is C9H8O4. The lowest BCUT2D eigenvalue weighted by Gasteiger charge is -2.17. The number of carboxylic acid groups (broad SMARTS) is 1. The molecule has 0 fully saturated rings.